The summed E-state index contributed by atoms with van der Waals surface area (Å²) in [4.78, 5) is 15.6. The maximum Gasteiger partial charge on any atom is 0.251 e. The van der Waals surface area contributed by atoms with Crippen molar-refractivity contribution < 1.29 is 9.53 Å². The second-order valence-electron chi connectivity index (χ2n) is 3.82. The molecule has 0 aliphatic heterocycles. The highest BCUT2D eigenvalue weighted by Gasteiger charge is 2.09. The minimum atomic E-state index is -0.170. The number of carbonyl (C=O) groups is 1. The molecule has 1 N–H and O–H groups in total. The smallest absolute Gasteiger partial charge is 0.251 e. The lowest BCUT2D eigenvalue weighted by molar-refractivity contribution is 0.0948. The van der Waals surface area contributed by atoms with Crippen LogP contribution in [-0.2, 0) is 0 Å². The van der Waals surface area contributed by atoms with Gasteiger partial charge in [-0.3, -0.25) is 4.79 Å². The van der Waals surface area contributed by atoms with Crippen molar-refractivity contribution in [3.8, 4) is 5.88 Å². The van der Waals surface area contributed by atoms with Gasteiger partial charge in [0.2, 0.25) is 5.88 Å². The number of ether oxygens (including phenoxy) is 1. The lowest BCUT2D eigenvalue weighted by Gasteiger charge is -2.08. The zero-order chi connectivity index (χ0) is 12.1. The summed E-state index contributed by atoms with van der Waals surface area (Å²) in [6.45, 7) is 4.68. The number of aromatic nitrogens is 1. The molecule has 88 valence electrons. The van der Waals surface area contributed by atoms with Crippen LogP contribution >= 0.6 is 11.6 Å². The molecule has 0 fully saturated rings. The van der Waals surface area contributed by atoms with E-state index < -0.39 is 0 Å². The summed E-state index contributed by atoms with van der Waals surface area (Å²) < 4.78 is 4.94. The first-order valence-corrected chi connectivity index (χ1v) is 5.40. The van der Waals surface area contributed by atoms with Crippen LogP contribution in [0.25, 0.3) is 0 Å². The quantitative estimate of drug-likeness (QED) is 0.823. The zero-order valence-electron chi connectivity index (χ0n) is 9.58. The van der Waals surface area contributed by atoms with Crippen LogP contribution in [0, 0.1) is 5.92 Å². The van der Waals surface area contributed by atoms with Gasteiger partial charge in [0.1, 0.15) is 5.15 Å². The zero-order valence-corrected chi connectivity index (χ0v) is 10.3. The van der Waals surface area contributed by atoms with Crippen molar-refractivity contribution in [2.45, 2.75) is 13.8 Å². The molecule has 0 aromatic carbocycles. The van der Waals surface area contributed by atoms with E-state index in [0.29, 0.717) is 23.9 Å². The van der Waals surface area contributed by atoms with Crippen LogP contribution in [0.15, 0.2) is 12.1 Å². The average molecular weight is 243 g/mol. The van der Waals surface area contributed by atoms with Gasteiger partial charge >= 0.3 is 0 Å². The minimum absolute atomic E-state index is 0.170. The normalized spacial score (nSPS) is 10.3. The Kier molecular flexibility index (Phi) is 4.55. The van der Waals surface area contributed by atoms with Crippen LogP contribution in [0.3, 0.4) is 0 Å². The molecule has 1 aromatic heterocycles. The van der Waals surface area contributed by atoms with Crippen LogP contribution in [0.1, 0.15) is 24.2 Å². The Morgan fingerprint density at radius 3 is 2.81 bits per heavy atom. The molecule has 0 saturated heterocycles. The fourth-order valence-electron chi connectivity index (χ4n) is 1.11. The predicted molar refractivity (Wildman–Crippen MR) is 63.0 cm³/mol. The Bertz CT molecular complexity index is 380. The molecule has 0 aliphatic carbocycles. The summed E-state index contributed by atoms with van der Waals surface area (Å²) in [7, 11) is 1.48. The van der Waals surface area contributed by atoms with E-state index >= 15 is 0 Å². The SMILES string of the molecule is COc1cc(C(=O)NCC(C)C)cc(Cl)n1. The Balaban J connectivity index is 2.78. The summed E-state index contributed by atoms with van der Waals surface area (Å²) in [5.74, 6) is 0.571. The maximum absolute atomic E-state index is 11.7. The number of nitrogens with zero attached hydrogens (tertiary/aromatic N) is 1. The van der Waals surface area contributed by atoms with Crippen molar-refractivity contribution in [2.24, 2.45) is 5.92 Å². The molecule has 0 bridgehead atoms. The number of hydrogen-bond donors (Lipinski definition) is 1. The van der Waals surface area contributed by atoms with Crippen LogP contribution in [0.5, 0.6) is 5.88 Å². The number of carbonyl (C=O) groups excluding carboxylic acids is 1. The predicted octanol–water partition coefficient (Wildman–Crippen LogP) is 2.13. The highest BCUT2D eigenvalue weighted by molar-refractivity contribution is 6.29. The van der Waals surface area contributed by atoms with Gasteiger partial charge in [-0.2, -0.15) is 0 Å². The van der Waals surface area contributed by atoms with Crippen LogP contribution in [0.2, 0.25) is 5.15 Å². The summed E-state index contributed by atoms with van der Waals surface area (Å²) in [5.41, 5.74) is 0.456. The Labute approximate surface area is 100.0 Å². The van der Waals surface area contributed by atoms with E-state index in [0.717, 1.165) is 0 Å². The third kappa shape index (κ3) is 3.70. The van der Waals surface area contributed by atoms with Gasteiger partial charge in [-0.1, -0.05) is 25.4 Å². The molecular formula is C11H15ClN2O2. The largest absolute Gasteiger partial charge is 0.481 e. The summed E-state index contributed by atoms with van der Waals surface area (Å²) in [6, 6.07) is 3.07. The second kappa shape index (κ2) is 5.70. The number of rotatable bonds is 4. The standard InChI is InChI=1S/C11H15ClN2O2/c1-7(2)6-13-11(15)8-4-9(12)14-10(5-8)16-3/h4-5,7H,6H2,1-3H3,(H,13,15). The number of amides is 1. The molecule has 0 saturated carbocycles. The summed E-state index contributed by atoms with van der Waals surface area (Å²) in [6.07, 6.45) is 0. The first-order chi connectivity index (χ1) is 7.52. The lowest BCUT2D eigenvalue weighted by Crippen LogP contribution is -2.27. The number of pyridine rings is 1. The summed E-state index contributed by atoms with van der Waals surface area (Å²) >= 11 is 5.76. The molecule has 1 aromatic rings. The Morgan fingerprint density at radius 1 is 1.56 bits per heavy atom. The summed E-state index contributed by atoms with van der Waals surface area (Å²) in [5, 5.41) is 3.04. The average Bonchev–Trinajstić information content (AvgIpc) is 2.24. The van der Waals surface area contributed by atoms with Crippen molar-refractivity contribution in [2.75, 3.05) is 13.7 Å². The molecule has 0 spiro atoms. The minimum Gasteiger partial charge on any atom is -0.481 e. The fraction of sp³-hybridized carbons (Fsp3) is 0.455. The molecule has 0 radical (unpaired) electrons. The van der Waals surface area contributed by atoms with Gasteiger partial charge in [0.05, 0.1) is 7.11 Å². The third-order valence-electron chi connectivity index (χ3n) is 1.91. The van der Waals surface area contributed by atoms with E-state index in [4.69, 9.17) is 16.3 Å². The molecule has 0 aliphatic rings. The van der Waals surface area contributed by atoms with Crippen LogP contribution in [0.4, 0.5) is 0 Å². The number of halogens is 1. The molecule has 16 heavy (non-hydrogen) atoms. The van der Waals surface area contributed by atoms with Crippen molar-refractivity contribution in [3.63, 3.8) is 0 Å². The number of nitrogens with one attached hydrogen (secondary N) is 1. The van der Waals surface area contributed by atoms with Gasteiger partial charge in [0, 0.05) is 18.2 Å². The van der Waals surface area contributed by atoms with Crippen molar-refractivity contribution in [1.29, 1.82) is 0 Å². The topological polar surface area (TPSA) is 51.2 Å². The number of hydrogen-bond acceptors (Lipinski definition) is 3. The molecular weight excluding hydrogens is 228 g/mol. The van der Waals surface area contributed by atoms with E-state index in [1.807, 2.05) is 13.8 Å². The van der Waals surface area contributed by atoms with Crippen molar-refractivity contribution in [1.82, 2.24) is 10.3 Å². The number of methoxy groups -OCH3 is 1. The van der Waals surface area contributed by atoms with E-state index in [9.17, 15) is 4.79 Å². The molecule has 4 nitrogen and oxygen atoms in total. The van der Waals surface area contributed by atoms with Gasteiger partial charge < -0.3 is 10.1 Å². The highest BCUT2D eigenvalue weighted by atomic mass is 35.5. The molecule has 1 amide bonds. The molecule has 0 unspecified atom stereocenters. The van der Waals surface area contributed by atoms with Crippen molar-refractivity contribution >= 4 is 17.5 Å². The lowest BCUT2D eigenvalue weighted by atomic mass is 10.2. The third-order valence-corrected chi connectivity index (χ3v) is 2.11. The molecule has 0 atom stereocenters. The van der Waals surface area contributed by atoms with E-state index in [1.165, 1.54) is 13.2 Å². The van der Waals surface area contributed by atoms with Gasteiger partial charge in [0.15, 0.2) is 0 Å². The second-order valence-corrected chi connectivity index (χ2v) is 4.21. The van der Waals surface area contributed by atoms with Gasteiger partial charge in [0.25, 0.3) is 5.91 Å². The first kappa shape index (κ1) is 12.8. The maximum atomic E-state index is 11.7. The van der Waals surface area contributed by atoms with E-state index in [2.05, 4.69) is 10.3 Å². The van der Waals surface area contributed by atoms with E-state index in [-0.39, 0.29) is 11.1 Å². The fourth-order valence-corrected chi connectivity index (χ4v) is 1.31. The van der Waals surface area contributed by atoms with Crippen molar-refractivity contribution in [3.05, 3.63) is 22.8 Å². The highest BCUT2D eigenvalue weighted by Crippen LogP contribution is 2.15. The van der Waals surface area contributed by atoms with Gasteiger partial charge in [-0.25, -0.2) is 4.98 Å². The first-order valence-electron chi connectivity index (χ1n) is 5.02. The Morgan fingerprint density at radius 2 is 2.25 bits per heavy atom. The van der Waals surface area contributed by atoms with Gasteiger partial charge in [-0.15, -0.1) is 0 Å². The van der Waals surface area contributed by atoms with E-state index in [1.54, 1.807) is 6.07 Å². The molecule has 5 heteroatoms. The molecule has 1 heterocycles. The molecule has 1 rings (SSSR count). The Hall–Kier alpha value is -1.29. The monoisotopic (exact) mass is 242 g/mol. The van der Waals surface area contributed by atoms with Gasteiger partial charge in [-0.05, 0) is 12.0 Å². The van der Waals surface area contributed by atoms with Crippen LogP contribution < -0.4 is 10.1 Å². The van der Waals surface area contributed by atoms with Crippen LogP contribution in [-0.4, -0.2) is 24.5 Å².